The van der Waals surface area contributed by atoms with E-state index in [1.54, 1.807) is 13.8 Å². The van der Waals surface area contributed by atoms with Crippen LogP contribution in [-0.4, -0.2) is 30.1 Å². The van der Waals surface area contributed by atoms with Crippen LogP contribution in [0.25, 0.3) is 0 Å². The monoisotopic (exact) mass is 299 g/mol. The highest BCUT2D eigenvalue weighted by Gasteiger charge is 2.19. The summed E-state index contributed by atoms with van der Waals surface area (Å²) in [5.41, 5.74) is 0. The molecule has 0 aliphatic rings. The van der Waals surface area contributed by atoms with Gasteiger partial charge in [0.05, 0.1) is 6.61 Å². The van der Waals surface area contributed by atoms with Crippen LogP contribution in [-0.2, 0) is 9.53 Å². The molecule has 0 saturated carbocycles. The number of carbonyl (C=O) groups is 2. The van der Waals surface area contributed by atoms with Crippen molar-refractivity contribution < 1.29 is 14.3 Å². The fourth-order valence-electron chi connectivity index (χ4n) is 2.33. The molecule has 0 atom stereocenters. The number of carbonyl (C=O) groups excluding carboxylic acids is 2. The van der Waals surface area contributed by atoms with E-state index >= 15 is 0 Å². The predicted octanol–water partition coefficient (Wildman–Crippen LogP) is 4.91. The maximum Gasteiger partial charge on any atom is 0.416 e. The molecular weight excluding hydrogens is 266 g/mol. The van der Waals surface area contributed by atoms with Gasteiger partial charge in [-0.05, 0) is 20.3 Å². The summed E-state index contributed by atoms with van der Waals surface area (Å²) >= 11 is 0. The summed E-state index contributed by atoms with van der Waals surface area (Å²) in [7, 11) is 0. The molecule has 0 heterocycles. The van der Waals surface area contributed by atoms with Crippen LogP contribution in [0.1, 0.15) is 85.0 Å². The molecule has 0 saturated heterocycles. The number of hydrogen-bond donors (Lipinski definition) is 0. The third-order valence-corrected chi connectivity index (χ3v) is 3.60. The van der Waals surface area contributed by atoms with Gasteiger partial charge in [0.2, 0.25) is 5.91 Å². The average molecular weight is 299 g/mol. The molecule has 4 heteroatoms. The van der Waals surface area contributed by atoms with Gasteiger partial charge in [0.1, 0.15) is 0 Å². The molecule has 0 aliphatic heterocycles. The fourth-order valence-corrected chi connectivity index (χ4v) is 2.33. The Kier molecular flexibility index (Phi) is 13.2. The zero-order valence-corrected chi connectivity index (χ0v) is 14.2. The van der Waals surface area contributed by atoms with E-state index in [4.69, 9.17) is 4.74 Å². The lowest BCUT2D eigenvalue weighted by Crippen LogP contribution is -2.37. The van der Waals surface area contributed by atoms with Crippen molar-refractivity contribution in [2.24, 2.45) is 0 Å². The third-order valence-electron chi connectivity index (χ3n) is 3.60. The van der Waals surface area contributed by atoms with E-state index in [9.17, 15) is 9.59 Å². The molecule has 0 rings (SSSR count). The van der Waals surface area contributed by atoms with Crippen LogP contribution in [0.15, 0.2) is 0 Å². The molecule has 4 nitrogen and oxygen atoms in total. The van der Waals surface area contributed by atoms with Gasteiger partial charge in [-0.15, -0.1) is 0 Å². The molecule has 0 fully saturated rings. The van der Waals surface area contributed by atoms with Crippen molar-refractivity contribution in [3.63, 3.8) is 0 Å². The number of rotatable bonds is 12. The van der Waals surface area contributed by atoms with Crippen LogP contribution in [0.2, 0.25) is 0 Å². The van der Waals surface area contributed by atoms with Crippen LogP contribution in [0.4, 0.5) is 4.79 Å². The van der Waals surface area contributed by atoms with Crippen molar-refractivity contribution in [2.45, 2.75) is 85.0 Å². The minimum atomic E-state index is -0.513. The minimum absolute atomic E-state index is 0.112. The Labute approximate surface area is 130 Å². The first kappa shape index (κ1) is 19.9. The zero-order valence-electron chi connectivity index (χ0n) is 14.2. The molecule has 21 heavy (non-hydrogen) atoms. The fraction of sp³-hybridized carbons (Fsp3) is 0.882. The molecule has 124 valence electrons. The Balaban J connectivity index is 3.62. The highest BCUT2D eigenvalue weighted by Crippen LogP contribution is 2.11. The van der Waals surface area contributed by atoms with Crippen molar-refractivity contribution in [1.29, 1.82) is 0 Å². The third kappa shape index (κ3) is 10.3. The van der Waals surface area contributed by atoms with Gasteiger partial charge in [-0.3, -0.25) is 4.79 Å². The van der Waals surface area contributed by atoms with E-state index in [1.165, 1.54) is 49.8 Å². The number of hydrogen-bond acceptors (Lipinski definition) is 3. The lowest BCUT2D eigenvalue weighted by Gasteiger charge is -2.17. The van der Waals surface area contributed by atoms with E-state index in [0.717, 1.165) is 12.8 Å². The molecular formula is C17H33NO3. The Morgan fingerprint density at radius 1 is 0.810 bits per heavy atom. The lowest BCUT2D eigenvalue weighted by molar-refractivity contribution is -0.129. The van der Waals surface area contributed by atoms with Gasteiger partial charge in [0.25, 0.3) is 0 Å². The van der Waals surface area contributed by atoms with Crippen molar-refractivity contribution in [3.05, 3.63) is 0 Å². The van der Waals surface area contributed by atoms with E-state index in [1.807, 2.05) is 0 Å². The number of nitrogens with zero attached hydrogens (tertiary/aromatic N) is 1. The largest absolute Gasteiger partial charge is 0.449 e. The predicted molar refractivity (Wildman–Crippen MR) is 86.3 cm³/mol. The maximum absolute atomic E-state index is 11.9. The SMILES string of the molecule is CCCCCCCCCCCC(=O)N(CC)C(=O)OCC. The molecule has 0 aliphatic carbocycles. The molecule has 0 aromatic heterocycles. The summed E-state index contributed by atoms with van der Waals surface area (Å²) in [5.74, 6) is -0.112. The van der Waals surface area contributed by atoms with Crippen LogP contribution < -0.4 is 0 Å². The maximum atomic E-state index is 11.9. The summed E-state index contributed by atoms with van der Waals surface area (Å²) in [6, 6.07) is 0. The first-order valence-corrected chi connectivity index (χ1v) is 8.64. The van der Waals surface area contributed by atoms with Crippen LogP contribution >= 0.6 is 0 Å². The Morgan fingerprint density at radius 2 is 1.33 bits per heavy atom. The van der Waals surface area contributed by atoms with Crippen LogP contribution in [0, 0.1) is 0 Å². The standard InChI is InChI=1S/C17H33NO3/c1-4-7-8-9-10-11-12-13-14-15-16(19)18(5-2)17(20)21-6-3/h4-15H2,1-3H3. The quantitative estimate of drug-likeness (QED) is 0.481. The molecule has 0 aromatic rings. The highest BCUT2D eigenvalue weighted by molar-refractivity contribution is 5.91. The molecule has 0 spiro atoms. The molecule has 2 amide bonds. The highest BCUT2D eigenvalue weighted by atomic mass is 16.6. The minimum Gasteiger partial charge on any atom is -0.449 e. The number of imide groups is 1. The van der Waals surface area contributed by atoms with E-state index in [0.29, 0.717) is 19.6 Å². The smallest absolute Gasteiger partial charge is 0.416 e. The molecule has 0 unspecified atom stereocenters. The van der Waals surface area contributed by atoms with Crippen molar-refractivity contribution in [3.8, 4) is 0 Å². The van der Waals surface area contributed by atoms with Gasteiger partial charge < -0.3 is 4.74 Å². The van der Waals surface area contributed by atoms with E-state index in [2.05, 4.69) is 6.92 Å². The molecule has 0 aromatic carbocycles. The Bertz CT molecular complexity index is 279. The molecule has 0 N–H and O–H groups in total. The van der Waals surface area contributed by atoms with Gasteiger partial charge in [0.15, 0.2) is 0 Å². The zero-order chi connectivity index (χ0) is 15.9. The first-order chi connectivity index (χ1) is 10.2. The van der Waals surface area contributed by atoms with Gasteiger partial charge in [-0.25, -0.2) is 9.69 Å². The summed E-state index contributed by atoms with van der Waals surface area (Å²) in [5, 5.41) is 0. The second-order valence-electron chi connectivity index (χ2n) is 5.42. The summed E-state index contributed by atoms with van der Waals surface area (Å²) in [6.45, 7) is 6.46. The topological polar surface area (TPSA) is 46.6 Å². The van der Waals surface area contributed by atoms with Crippen molar-refractivity contribution >= 4 is 12.0 Å². The van der Waals surface area contributed by atoms with Gasteiger partial charge in [-0.2, -0.15) is 0 Å². The molecule has 0 bridgehead atoms. The Morgan fingerprint density at radius 3 is 1.81 bits per heavy atom. The van der Waals surface area contributed by atoms with E-state index < -0.39 is 6.09 Å². The summed E-state index contributed by atoms with van der Waals surface area (Å²) in [6.07, 6.45) is 10.9. The van der Waals surface area contributed by atoms with E-state index in [-0.39, 0.29) is 5.91 Å². The average Bonchev–Trinajstić information content (AvgIpc) is 2.46. The second kappa shape index (κ2) is 13.9. The van der Waals surface area contributed by atoms with Gasteiger partial charge in [-0.1, -0.05) is 58.3 Å². The lowest BCUT2D eigenvalue weighted by atomic mass is 10.1. The molecule has 0 radical (unpaired) electrons. The van der Waals surface area contributed by atoms with Crippen molar-refractivity contribution in [1.82, 2.24) is 4.90 Å². The number of amides is 2. The second-order valence-corrected chi connectivity index (χ2v) is 5.42. The van der Waals surface area contributed by atoms with Gasteiger partial charge >= 0.3 is 6.09 Å². The van der Waals surface area contributed by atoms with Crippen molar-refractivity contribution in [2.75, 3.05) is 13.2 Å². The Hall–Kier alpha value is -1.06. The normalized spacial score (nSPS) is 10.4. The first-order valence-electron chi connectivity index (χ1n) is 8.64. The number of unbranched alkanes of at least 4 members (excludes halogenated alkanes) is 8. The van der Waals surface area contributed by atoms with Crippen LogP contribution in [0.3, 0.4) is 0 Å². The summed E-state index contributed by atoms with van der Waals surface area (Å²) in [4.78, 5) is 24.7. The van der Waals surface area contributed by atoms with Crippen LogP contribution in [0.5, 0.6) is 0 Å². The van der Waals surface area contributed by atoms with Gasteiger partial charge in [0, 0.05) is 13.0 Å². The number of ether oxygens (including phenoxy) is 1. The summed E-state index contributed by atoms with van der Waals surface area (Å²) < 4.78 is 4.87.